The second kappa shape index (κ2) is 16.7. The van der Waals surface area contributed by atoms with E-state index in [1.54, 1.807) is 0 Å². The maximum atomic E-state index is 14.3. The molecule has 1 aliphatic heterocycles. The summed E-state index contributed by atoms with van der Waals surface area (Å²) in [6, 6.07) is 9.50. The number of carbonyl (C=O) groups is 3. The summed E-state index contributed by atoms with van der Waals surface area (Å²) in [5.41, 5.74) is 0.940. The maximum absolute atomic E-state index is 14.3. The molecule has 1 saturated carbocycles. The third-order valence-corrected chi connectivity index (χ3v) is 7.78. The third kappa shape index (κ3) is 10.5. The highest BCUT2D eigenvalue weighted by molar-refractivity contribution is 5.86. The Morgan fingerprint density at radius 2 is 1.90 bits per heavy atom. The first-order valence-corrected chi connectivity index (χ1v) is 14.9. The molecular weight excluding hydrogens is 518 g/mol. The molecule has 1 saturated heterocycles. The van der Waals surface area contributed by atoms with E-state index < -0.39 is 36.4 Å². The summed E-state index contributed by atoms with van der Waals surface area (Å²) in [6.45, 7) is 2.67. The van der Waals surface area contributed by atoms with Gasteiger partial charge in [-0.3, -0.25) is 14.4 Å². The smallest absolute Gasteiger partial charge is 0.306 e. The van der Waals surface area contributed by atoms with E-state index in [1.165, 1.54) is 0 Å². The van der Waals surface area contributed by atoms with E-state index in [9.17, 15) is 23.2 Å². The minimum absolute atomic E-state index is 0.0325. The largest absolute Gasteiger partial charge is 0.461 e. The molecule has 0 N–H and O–H groups in total. The van der Waals surface area contributed by atoms with Gasteiger partial charge in [-0.2, -0.15) is 8.78 Å². The lowest BCUT2D eigenvalue weighted by molar-refractivity contribution is -0.196. The number of ketones is 2. The van der Waals surface area contributed by atoms with Gasteiger partial charge in [-0.05, 0) is 62.8 Å². The zero-order valence-electron chi connectivity index (χ0n) is 23.7. The number of esters is 1. The molecule has 0 amide bonds. The Bertz CT molecular complexity index is 957. The van der Waals surface area contributed by atoms with Crippen LogP contribution in [0.4, 0.5) is 8.78 Å². The van der Waals surface area contributed by atoms with Gasteiger partial charge in [-0.1, -0.05) is 55.8 Å². The summed E-state index contributed by atoms with van der Waals surface area (Å²) in [4.78, 5) is 37.3. The van der Waals surface area contributed by atoms with E-state index in [0.29, 0.717) is 45.1 Å². The predicted molar refractivity (Wildman–Crippen MR) is 148 cm³/mol. The van der Waals surface area contributed by atoms with Crippen molar-refractivity contribution in [3.63, 3.8) is 0 Å². The summed E-state index contributed by atoms with van der Waals surface area (Å²) in [7, 11) is 0. The normalized spacial score (nSPS) is 23.5. The van der Waals surface area contributed by atoms with Gasteiger partial charge in [0.25, 0.3) is 0 Å². The van der Waals surface area contributed by atoms with Gasteiger partial charge in [0, 0.05) is 38.2 Å². The van der Waals surface area contributed by atoms with Gasteiger partial charge >= 0.3 is 11.9 Å². The van der Waals surface area contributed by atoms with E-state index in [2.05, 4.69) is 0 Å². The molecule has 222 valence electrons. The molecule has 40 heavy (non-hydrogen) atoms. The van der Waals surface area contributed by atoms with E-state index in [4.69, 9.17) is 14.2 Å². The Labute approximate surface area is 236 Å². The fourth-order valence-electron chi connectivity index (χ4n) is 5.41. The van der Waals surface area contributed by atoms with Crippen molar-refractivity contribution >= 4 is 17.5 Å². The van der Waals surface area contributed by atoms with Gasteiger partial charge in [-0.15, -0.1) is 0 Å². The highest BCUT2D eigenvalue weighted by Crippen LogP contribution is 2.39. The second-order valence-corrected chi connectivity index (χ2v) is 10.9. The Morgan fingerprint density at radius 3 is 2.62 bits per heavy atom. The van der Waals surface area contributed by atoms with E-state index in [-0.39, 0.29) is 43.5 Å². The van der Waals surface area contributed by atoms with Crippen molar-refractivity contribution in [2.75, 3.05) is 6.61 Å². The molecule has 0 spiro atoms. The van der Waals surface area contributed by atoms with Crippen molar-refractivity contribution in [2.24, 2.45) is 11.8 Å². The van der Waals surface area contributed by atoms with Gasteiger partial charge in [0.15, 0.2) is 6.29 Å². The number of benzene rings is 1. The lowest BCUT2D eigenvalue weighted by Crippen LogP contribution is -2.33. The van der Waals surface area contributed by atoms with Crippen LogP contribution in [0.3, 0.4) is 0 Å². The summed E-state index contributed by atoms with van der Waals surface area (Å²) in [5, 5.41) is 0. The summed E-state index contributed by atoms with van der Waals surface area (Å²) < 4.78 is 45.8. The molecule has 2 fully saturated rings. The summed E-state index contributed by atoms with van der Waals surface area (Å²) >= 11 is 0. The number of Topliss-reactive ketones (excluding diaryl/α,β-unsaturated/α-hetero) is 2. The number of ether oxygens (including phenoxy) is 3. The number of alkyl halides is 2. The van der Waals surface area contributed by atoms with Gasteiger partial charge in [0.2, 0.25) is 5.78 Å². The zero-order chi connectivity index (χ0) is 28.8. The fraction of sp³-hybridized carbons (Fsp3) is 0.656. The molecule has 0 radical (unpaired) electrons. The number of hydrogen-bond acceptors (Lipinski definition) is 6. The third-order valence-electron chi connectivity index (χ3n) is 7.78. The van der Waals surface area contributed by atoms with E-state index >= 15 is 0 Å². The molecule has 4 atom stereocenters. The van der Waals surface area contributed by atoms with E-state index in [1.807, 2.05) is 49.4 Å². The van der Waals surface area contributed by atoms with Crippen LogP contribution in [0.1, 0.15) is 96.0 Å². The Hall–Kier alpha value is -2.45. The summed E-state index contributed by atoms with van der Waals surface area (Å²) in [5.74, 6) is -5.32. The lowest BCUT2D eigenvalue weighted by atomic mass is 9.86. The van der Waals surface area contributed by atoms with Crippen LogP contribution in [-0.2, 0) is 35.2 Å². The molecule has 1 heterocycles. The first-order valence-electron chi connectivity index (χ1n) is 14.9. The van der Waals surface area contributed by atoms with Crippen molar-refractivity contribution < 1.29 is 37.4 Å². The van der Waals surface area contributed by atoms with E-state index in [0.717, 1.165) is 24.8 Å². The molecule has 1 aromatic rings. The molecule has 0 bridgehead atoms. The SMILES string of the molecule is CCCCC(F)(F)C(=O)CC[C@H]1C(OC2CCCCO2)CC(=O)[C@@H]1C/C=C\CCCC(=O)OCc1ccccc1. The van der Waals surface area contributed by atoms with Crippen molar-refractivity contribution in [2.45, 2.75) is 115 Å². The molecule has 2 unspecified atom stereocenters. The Balaban J connectivity index is 1.49. The van der Waals surface area contributed by atoms with Crippen molar-refractivity contribution in [1.29, 1.82) is 0 Å². The number of carbonyl (C=O) groups excluding carboxylic acids is 3. The van der Waals surface area contributed by atoms with Crippen molar-refractivity contribution in [1.82, 2.24) is 0 Å². The Morgan fingerprint density at radius 1 is 1.10 bits per heavy atom. The maximum Gasteiger partial charge on any atom is 0.306 e. The van der Waals surface area contributed by atoms with Crippen LogP contribution in [0.5, 0.6) is 0 Å². The standard InChI is InChI=1S/C32H44F2O6/c1-2-3-20-32(33,34)29(36)19-18-26-25(27(35)22-28(26)40-31-17-11-12-21-38-31)15-9-4-5-10-16-30(37)39-23-24-13-7-6-8-14-24/h4,6-9,13-14,25-26,28,31H,2-3,5,10-12,15-23H2,1H3/b9-4-/t25-,26-,28?,31?/m1/s1. The molecule has 3 rings (SSSR count). The average molecular weight is 563 g/mol. The van der Waals surface area contributed by atoms with Gasteiger partial charge in [0.1, 0.15) is 12.4 Å². The molecule has 0 aromatic heterocycles. The number of unbranched alkanes of at least 4 members (excludes halogenated alkanes) is 2. The van der Waals surface area contributed by atoms with Crippen LogP contribution in [0, 0.1) is 11.8 Å². The van der Waals surface area contributed by atoms with Crippen molar-refractivity contribution in [3.8, 4) is 0 Å². The highest BCUT2D eigenvalue weighted by Gasteiger charge is 2.45. The van der Waals surface area contributed by atoms with Gasteiger partial charge in [-0.25, -0.2) is 0 Å². The van der Waals surface area contributed by atoms with Crippen LogP contribution in [0.15, 0.2) is 42.5 Å². The minimum Gasteiger partial charge on any atom is -0.461 e. The number of halogens is 2. The number of rotatable bonds is 17. The van der Waals surface area contributed by atoms with Crippen LogP contribution >= 0.6 is 0 Å². The second-order valence-electron chi connectivity index (χ2n) is 10.9. The average Bonchev–Trinajstić information content (AvgIpc) is 3.25. The highest BCUT2D eigenvalue weighted by atomic mass is 19.3. The lowest BCUT2D eigenvalue weighted by Gasteiger charge is -2.30. The molecular formula is C32H44F2O6. The Kier molecular flexibility index (Phi) is 13.4. The predicted octanol–water partition coefficient (Wildman–Crippen LogP) is 7.14. The summed E-state index contributed by atoms with van der Waals surface area (Å²) in [6.07, 6.45) is 8.32. The van der Waals surface area contributed by atoms with Crippen molar-refractivity contribution in [3.05, 3.63) is 48.0 Å². The first kappa shape index (κ1) is 32.1. The monoisotopic (exact) mass is 562 g/mol. The van der Waals surface area contributed by atoms with Crippen LogP contribution < -0.4 is 0 Å². The van der Waals surface area contributed by atoms with Crippen LogP contribution in [0.2, 0.25) is 0 Å². The zero-order valence-corrected chi connectivity index (χ0v) is 23.7. The first-order chi connectivity index (χ1) is 19.3. The number of hydrogen-bond donors (Lipinski definition) is 0. The van der Waals surface area contributed by atoms with Gasteiger partial charge < -0.3 is 14.2 Å². The molecule has 1 aliphatic carbocycles. The molecule has 8 heteroatoms. The van der Waals surface area contributed by atoms with Crippen LogP contribution in [-0.4, -0.2) is 42.5 Å². The van der Waals surface area contributed by atoms with Crippen LogP contribution in [0.25, 0.3) is 0 Å². The molecule has 2 aliphatic rings. The molecule has 1 aromatic carbocycles. The van der Waals surface area contributed by atoms with Gasteiger partial charge in [0.05, 0.1) is 6.10 Å². The topological polar surface area (TPSA) is 78.9 Å². The minimum atomic E-state index is -3.33. The quantitative estimate of drug-likeness (QED) is 0.114. The number of allylic oxidation sites excluding steroid dienone is 2. The molecule has 6 nitrogen and oxygen atoms in total. The fourth-order valence-corrected chi connectivity index (χ4v) is 5.41.